The van der Waals surface area contributed by atoms with Crippen molar-refractivity contribution in [2.24, 2.45) is 10.2 Å². The fourth-order valence-electron chi connectivity index (χ4n) is 3.67. The van der Waals surface area contributed by atoms with Crippen LogP contribution in [0.5, 0.6) is 11.5 Å². The molecular formula is C25H19Cl2N3O6S. The van der Waals surface area contributed by atoms with Crippen molar-refractivity contribution >= 4 is 67.1 Å². The van der Waals surface area contributed by atoms with Crippen molar-refractivity contribution in [3.05, 3.63) is 81.8 Å². The monoisotopic (exact) mass is 559 g/mol. The minimum Gasteiger partial charge on any atom is -0.505 e. The Morgan fingerprint density at radius 3 is 2.35 bits per heavy atom. The van der Waals surface area contributed by atoms with Crippen molar-refractivity contribution < 1.29 is 27.6 Å². The van der Waals surface area contributed by atoms with E-state index in [1.165, 1.54) is 32.2 Å². The molecule has 0 unspecified atom stereocenters. The zero-order valence-corrected chi connectivity index (χ0v) is 21.7. The van der Waals surface area contributed by atoms with Gasteiger partial charge in [0.2, 0.25) is 0 Å². The molecule has 4 aromatic carbocycles. The minimum atomic E-state index is -4.69. The second kappa shape index (κ2) is 10.3. The molecule has 0 atom stereocenters. The highest BCUT2D eigenvalue weighted by molar-refractivity contribution is 7.86. The number of nitrogens with one attached hydrogen (secondary N) is 1. The molecule has 12 heteroatoms. The van der Waals surface area contributed by atoms with E-state index in [1.54, 1.807) is 36.4 Å². The van der Waals surface area contributed by atoms with Crippen LogP contribution in [-0.2, 0) is 10.1 Å². The third-order valence-corrected chi connectivity index (χ3v) is 6.67. The van der Waals surface area contributed by atoms with Gasteiger partial charge in [-0.15, -0.1) is 10.2 Å². The number of rotatable bonds is 6. The van der Waals surface area contributed by atoms with Crippen LogP contribution in [0.3, 0.4) is 0 Å². The highest BCUT2D eigenvalue weighted by atomic mass is 35.5. The highest BCUT2D eigenvalue weighted by Crippen LogP contribution is 2.41. The smallest absolute Gasteiger partial charge is 0.296 e. The van der Waals surface area contributed by atoms with E-state index in [1.807, 2.05) is 0 Å². The SMILES string of the molecule is COc1cc(Cl)cc(NC(=O)c2cc3ccccc3c(N=Nc3c(C)cc(Cl)cc3S(=O)(=O)O)c2O)c1. The quantitative estimate of drug-likeness (QED) is 0.170. The zero-order chi connectivity index (χ0) is 26.9. The number of phenols is 1. The van der Waals surface area contributed by atoms with Crippen LogP contribution in [0.15, 0.2) is 75.8 Å². The van der Waals surface area contributed by atoms with Crippen molar-refractivity contribution in [2.75, 3.05) is 12.4 Å². The van der Waals surface area contributed by atoms with Gasteiger partial charge in [0.25, 0.3) is 16.0 Å². The Hall–Kier alpha value is -3.70. The topological polar surface area (TPSA) is 138 Å². The normalized spacial score (nSPS) is 11.7. The molecule has 190 valence electrons. The molecule has 0 saturated carbocycles. The van der Waals surface area contributed by atoms with Gasteiger partial charge in [-0.2, -0.15) is 8.42 Å². The Kier molecular flexibility index (Phi) is 7.37. The molecule has 37 heavy (non-hydrogen) atoms. The van der Waals surface area contributed by atoms with E-state index >= 15 is 0 Å². The number of aromatic hydroxyl groups is 1. The van der Waals surface area contributed by atoms with E-state index in [0.717, 1.165) is 6.07 Å². The van der Waals surface area contributed by atoms with Crippen molar-refractivity contribution in [2.45, 2.75) is 11.8 Å². The molecule has 0 aliphatic rings. The number of benzene rings is 4. The molecule has 0 spiro atoms. The van der Waals surface area contributed by atoms with Gasteiger partial charge in [0, 0.05) is 27.2 Å². The van der Waals surface area contributed by atoms with Gasteiger partial charge in [-0.3, -0.25) is 9.35 Å². The molecule has 4 aromatic rings. The van der Waals surface area contributed by atoms with Gasteiger partial charge >= 0.3 is 0 Å². The van der Waals surface area contributed by atoms with E-state index in [9.17, 15) is 22.9 Å². The fourth-order valence-corrected chi connectivity index (χ4v) is 4.96. The number of azo groups is 1. The number of hydrogen-bond donors (Lipinski definition) is 3. The van der Waals surface area contributed by atoms with Crippen LogP contribution in [0.25, 0.3) is 10.8 Å². The first-order valence-corrected chi connectivity index (χ1v) is 12.8. The van der Waals surface area contributed by atoms with Crippen molar-refractivity contribution in [3.8, 4) is 11.5 Å². The number of hydrogen-bond acceptors (Lipinski definition) is 7. The minimum absolute atomic E-state index is 0.0775. The third kappa shape index (κ3) is 5.67. The molecule has 0 aliphatic carbocycles. The Morgan fingerprint density at radius 1 is 0.973 bits per heavy atom. The maximum Gasteiger partial charge on any atom is 0.296 e. The van der Waals surface area contributed by atoms with Gasteiger partial charge < -0.3 is 15.2 Å². The van der Waals surface area contributed by atoms with Crippen LogP contribution >= 0.6 is 23.2 Å². The Bertz CT molecular complexity index is 1690. The second-order valence-electron chi connectivity index (χ2n) is 7.92. The molecule has 0 aromatic heterocycles. The van der Waals surface area contributed by atoms with Gasteiger partial charge in [-0.1, -0.05) is 47.5 Å². The lowest BCUT2D eigenvalue weighted by molar-refractivity contribution is 0.102. The van der Waals surface area contributed by atoms with E-state index in [2.05, 4.69) is 15.5 Å². The molecule has 9 nitrogen and oxygen atoms in total. The lowest BCUT2D eigenvalue weighted by atomic mass is 10.0. The number of methoxy groups -OCH3 is 1. The predicted octanol–water partition coefficient (Wildman–Crippen LogP) is 7.08. The first-order chi connectivity index (χ1) is 17.5. The fraction of sp³-hybridized carbons (Fsp3) is 0.0800. The van der Waals surface area contributed by atoms with Crippen molar-refractivity contribution in [1.29, 1.82) is 0 Å². The molecule has 0 aliphatic heterocycles. The van der Waals surface area contributed by atoms with Gasteiger partial charge in [0.15, 0.2) is 5.75 Å². The Balaban J connectivity index is 1.84. The molecule has 0 saturated heterocycles. The van der Waals surface area contributed by atoms with Crippen molar-refractivity contribution in [1.82, 2.24) is 0 Å². The van der Waals surface area contributed by atoms with Crippen LogP contribution in [0, 0.1) is 6.92 Å². The number of fused-ring (bicyclic) bond motifs is 1. The van der Waals surface area contributed by atoms with E-state index in [0.29, 0.717) is 32.8 Å². The molecule has 3 N–H and O–H groups in total. The summed E-state index contributed by atoms with van der Waals surface area (Å²) >= 11 is 12.0. The van der Waals surface area contributed by atoms with E-state index in [-0.39, 0.29) is 22.0 Å². The summed E-state index contributed by atoms with van der Waals surface area (Å²) in [5.74, 6) is -0.729. The van der Waals surface area contributed by atoms with Crippen LogP contribution in [0.4, 0.5) is 17.1 Å². The third-order valence-electron chi connectivity index (χ3n) is 5.36. The van der Waals surface area contributed by atoms with Crippen LogP contribution in [-0.4, -0.2) is 31.1 Å². The summed E-state index contributed by atoms with van der Waals surface area (Å²) in [4.78, 5) is 12.6. The van der Waals surface area contributed by atoms with Crippen LogP contribution in [0.1, 0.15) is 15.9 Å². The molecule has 1 amide bonds. The number of ether oxygens (including phenoxy) is 1. The lowest BCUT2D eigenvalue weighted by Crippen LogP contribution is -2.12. The second-order valence-corrected chi connectivity index (χ2v) is 10.2. The van der Waals surface area contributed by atoms with Gasteiger partial charge in [0.05, 0.1) is 12.7 Å². The number of phenolic OH excluding ortho intramolecular Hbond substituents is 1. The highest BCUT2D eigenvalue weighted by Gasteiger charge is 2.21. The van der Waals surface area contributed by atoms with E-state index < -0.39 is 26.7 Å². The average molecular weight is 560 g/mol. The predicted molar refractivity (Wildman–Crippen MR) is 142 cm³/mol. The Labute approximate surface area is 222 Å². The number of aryl methyl sites for hydroxylation is 1. The Morgan fingerprint density at radius 2 is 1.65 bits per heavy atom. The summed E-state index contributed by atoms with van der Waals surface area (Å²) in [5.41, 5.74) is 0.282. The largest absolute Gasteiger partial charge is 0.505 e. The van der Waals surface area contributed by atoms with E-state index in [4.69, 9.17) is 27.9 Å². The standard InChI is InChI=1S/C25H19Cl2N3O6S/c1-13-7-15(26)11-21(37(33,34)35)22(13)29-30-23-19-6-4-3-5-14(19)8-20(24(23)31)25(32)28-17-9-16(27)10-18(12-17)36-2/h3-12,31H,1-2H3,(H,28,32)(H,33,34,35). The van der Waals surface area contributed by atoms with Crippen LogP contribution in [0.2, 0.25) is 10.0 Å². The lowest BCUT2D eigenvalue weighted by Gasteiger charge is -2.12. The number of carbonyl (C=O) groups excluding carboxylic acids is 1. The van der Waals surface area contributed by atoms with Crippen LogP contribution < -0.4 is 10.1 Å². The summed E-state index contributed by atoms with van der Waals surface area (Å²) in [6.45, 7) is 1.54. The maximum atomic E-state index is 13.1. The summed E-state index contributed by atoms with van der Waals surface area (Å²) in [7, 11) is -3.23. The number of amides is 1. The molecule has 0 heterocycles. The molecule has 4 rings (SSSR count). The summed E-state index contributed by atoms with van der Waals surface area (Å²) in [6.07, 6.45) is 0. The zero-order valence-electron chi connectivity index (χ0n) is 19.4. The summed E-state index contributed by atoms with van der Waals surface area (Å²) in [5, 5.41) is 23.3. The first kappa shape index (κ1) is 26.4. The van der Waals surface area contributed by atoms with Crippen molar-refractivity contribution in [3.63, 3.8) is 0 Å². The molecular weight excluding hydrogens is 541 g/mol. The summed E-state index contributed by atoms with van der Waals surface area (Å²) in [6, 6.07) is 15.4. The molecule has 0 radical (unpaired) electrons. The maximum absolute atomic E-state index is 13.1. The van der Waals surface area contributed by atoms with Gasteiger partial charge in [-0.25, -0.2) is 0 Å². The number of carbonyl (C=O) groups is 1. The summed E-state index contributed by atoms with van der Waals surface area (Å²) < 4.78 is 38.6. The van der Waals surface area contributed by atoms with Gasteiger partial charge in [0.1, 0.15) is 22.0 Å². The average Bonchev–Trinajstić information content (AvgIpc) is 2.82. The number of nitrogens with zero attached hydrogens (tertiary/aromatic N) is 2. The first-order valence-electron chi connectivity index (χ1n) is 10.6. The molecule has 0 fully saturated rings. The number of halogens is 2. The number of anilines is 1. The molecule has 0 bridgehead atoms. The van der Waals surface area contributed by atoms with Gasteiger partial charge in [-0.05, 0) is 48.2 Å².